The second kappa shape index (κ2) is 7.65. The lowest BCUT2D eigenvalue weighted by atomic mass is 10.1. The minimum absolute atomic E-state index is 0.0534. The number of benzene rings is 2. The maximum Gasteiger partial charge on any atom is 0.416 e. The Labute approximate surface area is 148 Å². The Balaban J connectivity index is 2.33. The number of nitrogens with one attached hydrogen (secondary N) is 1. The quantitative estimate of drug-likeness (QED) is 0.578. The molecule has 0 fully saturated rings. The van der Waals surface area contributed by atoms with Crippen molar-refractivity contribution in [1.82, 2.24) is 0 Å². The molecule has 0 aliphatic heterocycles. The average molecular weight is 373 g/mol. The van der Waals surface area contributed by atoms with Crippen LogP contribution in [0.5, 0.6) is 11.5 Å². The van der Waals surface area contributed by atoms with E-state index in [4.69, 9.17) is 21.1 Å². The SMILES string of the molecule is COc1ccc(OC)c(C(C)=NNc2cc(C(F)(F)F)ccc2Cl)c1. The molecule has 0 aromatic heterocycles. The molecule has 0 saturated carbocycles. The molecule has 0 heterocycles. The molecule has 0 radical (unpaired) electrons. The maximum atomic E-state index is 12.8. The summed E-state index contributed by atoms with van der Waals surface area (Å²) in [5, 5.41) is 4.24. The van der Waals surface area contributed by atoms with Crippen LogP contribution in [0.4, 0.5) is 18.9 Å². The Morgan fingerprint density at radius 3 is 2.40 bits per heavy atom. The largest absolute Gasteiger partial charge is 0.497 e. The van der Waals surface area contributed by atoms with Gasteiger partial charge in [0.15, 0.2) is 0 Å². The fourth-order valence-corrected chi connectivity index (χ4v) is 2.25. The Kier molecular flexibility index (Phi) is 5.79. The molecule has 2 rings (SSSR count). The number of halogens is 4. The second-order valence-electron chi connectivity index (χ2n) is 5.07. The average Bonchev–Trinajstić information content (AvgIpc) is 2.59. The van der Waals surface area contributed by atoms with Crippen LogP contribution in [-0.4, -0.2) is 19.9 Å². The van der Waals surface area contributed by atoms with Crippen molar-refractivity contribution in [1.29, 1.82) is 0 Å². The molecule has 0 amide bonds. The molecule has 0 unspecified atom stereocenters. The van der Waals surface area contributed by atoms with Gasteiger partial charge in [-0.2, -0.15) is 18.3 Å². The summed E-state index contributed by atoms with van der Waals surface area (Å²) >= 11 is 5.94. The van der Waals surface area contributed by atoms with Gasteiger partial charge in [-0.3, -0.25) is 5.43 Å². The van der Waals surface area contributed by atoms with Crippen LogP contribution in [0.15, 0.2) is 41.5 Å². The first-order chi connectivity index (χ1) is 11.8. The monoisotopic (exact) mass is 372 g/mol. The van der Waals surface area contributed by atoms with Gasteiger partial charge in [-0.15, -0.1) is 0 Å². The molecular weight excluding hydrogens is 357 g/mol. The molecule has 0 spiro atoms. The van der Waals surface area contributed by atoms with E-state index >= 15 is 0 Å². The van der Waals surface area contributed by atoms with Gasteiger partial charge in [-0.25, -0.2) is 0 Å². The molecule has 8 heteroatoms. The molecule has 1 N–H and O–H groups in total. The van der Waals surface area contributed by atoms with Gasteiger partial charge in [0.1, 0.15) is 11.5 Å². The van der Waals surface area contributed by atoms with Gasteiger partial charge in [0.05, 0.1) is 36.2 Å². The Bertz CT molecular complexity index is 792. The lowest BCUT2D eigenvalue weighted by molar-refractivity contribution is -0.137. The smallest absolute Gasteiger partial charge is 0.416 e. The number of hydrogen-bond donors (Lipinski definition) is 1. The Hall–Kier alpha value is -2.41. The highest BCUT2D eigenvalue weighted by Crippen LogP contribution is 2.34. The van der Waals surface area contributed by atoms with Gasteiger partial charge in [0.2, 0.25) is 0 Å². The van der Waals surface area contributed by atoms with Crippen LogP contribution in [-0.2, 0) is 6.18 Å². The standard InChI is InChI=1S/C17H16ClF3N2O2/c1-10(13-9-12(24-2)5-7-16(13)25-3)22-23-15-8-11(17(19,20)21)4-6-14(15)18/h4-9,23H,1-3H3. The molecule has 25 heavy (non-hydrogen) atoms. The first kappa shape index (κ1) is 18.9. The van der Waals surface area contributed by atoms with E-state index in [0.29, 0.717) is 22.8 Å². The minimum atomic E-state index is -4.46. The van der Waals surface area contributed by atoms with Gasteiger partial charge in [0.25, 0.3) is 0 Å². The lowest BCUT2D eigenvalue weighted by Crippen LogP contribution is -2.06. The van der Waals surface area contributed by atoms with E-state index in [2.05, 4.69) is 10.5 Å². The maximum absolute atomic E-state index is 12.8. The van der Waals surface area contributed by atoms with E-state index < -0.39 is 11.7 Å². The van der Waals surface area contributed by atoms with Crippen molar-refractivity contribution in [2.75, 3.05) is 19.6 Å². The number of hydrogen-bond acceptors (Lipinski definition) is 4. The van der Waals surface area contributed by atoms with E-state index in [0.717, 1.165) is 12.1 Å². The molecule has 0 aliphatic rings. The molecule has 0 bridgehead atoms. The summed E-state index contributed by atoms with van der Waals surface area (Å²) in [6, 6.07) is 8.14. The highest BCUT2D eigenvalue weighted by molar-refractivity contribution is 6.33. The fourth-order valence-electron chi connectivity index (χ4n) is 2.09. The van der Waals surface area contributed by atoms with Crippen molar-refractivity contribution < 1.29 is 22.6 Å². The summed E-state index contributed by atoms with van der Waals surface area (Å²) in [6.45, 7) is 1.69. The zero-order valence-corrected chi connectivity index (χ0v) is 14.5. The summed E-state index contributed by atoms with van der Waals surface area (Å²) in [7, 11) is 3.04. The lowest BCUT2D eigenvalue weighted by Gasteiger charge is -2.12. The van der Waals surface area contributed by atoms with E-state index in [1.54, 1.807) is 25.1 Å². The van der Waals surface area contributed by atoms with Crippen molar-refractivity contribution >= 4 is 23.0 Å². The number of nitrogens with zero attached hydrogens (tertiary/aromatic N) is 1. The van der Waals surface area contributed by atoms with Crippen molar-refractivity contribution in [3.8, 4) is 11.5 Å². The molecule has 2 aromatic rings. The van der Waals surface area contributed by atoms with Crippen molar-refractivity contribution in [3.63, 3.8) is 0 Å². The number of hydrazone groups is 1. The van der Waals surface area contributed by atoms with Gasteiger partial charge in [-0.1, -0.05) is 11.6 Å². The number of anilines is 1. The molecule has 0 aliphatic carbocycles. The van der Waals surface area contributed by atoms with Crippen LogP contribution in [0.3, 0.4) is 0 Å². The zero-order chi connectivity index (χ0) is 18.6. The van der Waals surface area contributed by atoms with Crippen LogP contribution in [0.2, 0.25) is 5.02 Å². The van der Waals surface area contributed by atoms with Crippen molar-refractivity contribution in [3.05, 3.63) is 52.5 Å². The third-order valence-corrected chi connectivity index (χ3v) is 3.76. The Morgan fingerprint density at radius 1 is 1.08 bits per heavy atom. The summed E-state index contributed by atoms with van der Waals surface area (Å²) in [5.74, 6) is 1.15. The molecule has 0 atom stereocenters. The van der Waals surface area contributed by atoms with Crippen LogP contribution in [0.1, 0.15) is 18.1 Å². The van der Waals surface area contributed by atoms with Gasteiger partial charge < -0.3 is 9.47 Å². The second-order valence-corrected chi connectivity index (χ2v) is 5.47. The number of alkyl halides is 3. The van der Waals surface area contributed by atoms with E-state index in [1.807, 2.05) is 0 Å². The van der Waals surface area contributed by atoms with Crippen LogP contribution in [0.25, 0.3) is 0 Å². The van der Waals surface area contributed by atoms with E-state index in [1.165, 1.54) is 20.3 Å². The highest BCUT2D eigenvalue weighted by atomic mass is 35.5. The normalized spacial score (nSPS) is 12.0. The van der Waals surface area contributed by atoms with Gasteiger partial charge >= 0.3 is 6.18 Å². The number of ether oxygens (including phenoxy) is 2. The first-order valence-electron chi connectivity index (χ1n) is 7.15. The van der Waals surface area contributed by atoms with Crippen molar-refractivity contribution in [2.24, 2.45) is 5.10 Å². The summed E-state index contributed by atoms with van der Waals surface area (Å²) in [4.78, 5) is 0. The molecule has 4 nitrogen and oxygen atoms in total. The van der Waals surface area contributed by atoms with Gasteiger partial charge in [0, 0.05) is 5.56 Å². The molecule has 2 aromatic carbocycles. The van der Waals surface area contributed by atoms with Gasteiger partial charge in [-0.05, 0) is 43.3 Å². The molecular formula is C17H16ClF3N2O2. The summed E-state index contributed by atoms with van der Waals surface area (Å²) < 4.78 is 48.9. The van der Waals surface area contributed by atoms with Crippen LogP contribution >= 0.6 is 11.6 Å². The zero-order valence-electron chi connectivity index (χ0n) is 13.7. The summed E-state index contributed by atoms with van der Waals surface area (Å²) in [6.07, 6.45) is -4.46. The number of methoxy groups -OCH3 is 2. The fraction of sp³-hybridized carbons (Fsp3) is 0.235. The minimum Gasteiger partial charge on any atom is -0.497 e. The predicted molar refractivity (Wildman–Crippen MR) is 91.8 cm³/mol. The molecule has 0 saturated heterocycles. The molecule has 134 valence electrons. The predicted octanol–water partition coefficient (Wildman–Crippen LogP) is 5.21. The first-order valence-corrected chi connectivity index (χ1v) is 7.53. The summed E-state index contributed by atoms with van der Waals surface area (Å²) in [5.41, 5.74) is 2.94. The third kappa shape index (κ3) is 4.57. The highest BCUT2D eigenvalue weighted by Gasteiger charge is 2.30. The topological polar surface area (TPSA) is 42.9 Å². The number of rotatable bonds is 5. The van der Waals surface area contributed by atoms with Crippen LogP contribution < -0.4 is 14.9 Å². The van der Waals surface area contributed by atoms with Crippen molar-refractivity contribution in [2.45, 2.75) is 13.1 Å². The van der Waals surface area contributed by atoms with Crippen LogP contribution in [0, 0.1) is 0 Å². The van der Waals surface area contributed by atoms with E-state index in [9.17, 15) is 13.2 Å². The third-order valence-electron chi connectivity index (χ3n) is 3.43. The van der Waals surface area contributed by atoms with E-state index in [-0.39, 0.29) is 10.7 Å². The Morgan fingerprint density at radius 2 is 1.80 bits per heavy atom.